The van der Waals surface area contributed by atoms with Gasteiger partial charge < -0.3 is 11.1 Å². The number of hydrogen-bond acceptors (Lipinski definition) is 2. The van der Waals surface area contributed by atoms with Crippen LogP contribution in [0, 0.1) is 23.2 Å². The second-order valence-corrected chi connectivity index (χ2v) is 11.3. The summed E-state index contributed by atoms with van der Waals surface area (Å²) in [6, 6.07) is 11.8. The molecule has 3 heteroatoms. The summed E-state index contributed by atoms with van der Waals surface area (Å²) in [6.07, 6.45) is 12.2. The number of hydrogen-bond donors (Lipinski definition) is 2. The van der Waals surface area contributed by atoms with Crippen LogP contribution in [0.4, 0.5) is 0 Å². The van der Waals surface area contributed by atoms with Crippen molar-refractivity contribution in [2.45, 2.75) is 109 Å². The number of benzene rings is 1. The number of amides is 1. The topological polar surface area (TPSA) is 55.1 Å². The fourth-order valence-corrected chi connectivity index (χ4v) is 7.75. The van der Waals surface area contributed by atoms with Crippen molar-refractivity contribution in [2.75, 3.05) is 0 Å². The maximum Gasteiger partial charge on any atom is 0.226 e. The van der Waals surface area contributed by atoms with Crippen LogP contribution < -0.4 is 11.1 Å². The minimum absolute atomic E-state index is 0.149. The Morgan fingerprint density at radius 3 is 2.42 bits per heavy atom. The lowest BCUT2D eigenvalue weighted by atomic mass is 9.46. The van der Waals surface area contributed by atoms with E-state index in [4.69, 9.17) is 5.73 Å². The highest BCUT2D eigenvalue weighted by Crippen LogP contribution is 2.61. The van der Waals surface area contributed by atoms with Gasteiger partial charge in [-0.1, -0.05) is 63.9 Å². The van der Waals surface area contributed by atoms with Gasteiger partial charge in [0.05, 0.1) is 5.41 Å². The fourth-order valence-electron chi connectivity index (χ4n) is 7.75. The zero-order valence-electron chi connectivity index (χ0n) is 20.0. The van der Waals surface area contributed by atoms with E-state index in [1.807, 2.05) is 0 Å². The molecular formula is C28H44N2O. The van der Waals surface area contributed by atoms with Gasteiger partial charge in [0.1, 0.15) is 0 Å². The van der Waals surface area contributed by atoms with Crippen molar-refractivity contribution in [3.63, 3.8) is 0 Å². The van der Waals surface area contributed by atoms with E-state index in [0.29, 0.717) is 23.9 Å². The Kier molecular flexibility index (Phi) is 6.82. The van der Waals surface area contributed by atoms with E-state index in [-0.39, 0.29) is 10.8 Å². The Labute approximate surface area is 189 Å². The van der Waals surface area contributed by atoms with Crippen LogP contribution in [0.1, 0.15) is 97.0 Å². The predicted molar refractivity (Wildman–Crippen MR) is 129 cm³/mol. The van der Waals surface area contributed by atoms with Gasteiger partial charge in [0, 0.05) is 12.1 Å². The lowest BCUT2D eigenvalue weighted by Crippen LogP contribution is -2.57. The minimum atomic E-state index is -0.232. The van der Waals surface area contributed by atoms with E-state index in [0.717, 1.165) is 56.8 Å². The van der Waals surface area contributed by atoms with Crippen LogP contribution in [0.25, 0.3) is 0 Å². The van der Waals surface area contributed by atoms with Crippen LogP contribution >= 0.6 is 0 Å². The SMILES string of the molecule is CCCC1C(C)CC2(c3ccccc3)CC1CC(CC)(C(=O)N[C@H]1CC[C@H](N)CC1)C2. The molecule has 2 bridgehead atoms. The Morgan fingerprint density at radius 1 is 1.06 bits per heavy atom. The average Bonchev–Trinajstić information content (AvgIpc) is 2.78. The molecule has 0 saturated heterocycles. The molecule has 1 aromatic rings. The molecule has 0 spiro atoms. The van der Waals surface area contributed by atoms with E-state index < -0.39 is 0 Å². The smallest absolute Gasteiger partial charge is 0.226 e. The van der Waals surface area contributed by atoms with E-state index in [1.165, 1.54) is 31.2 Å². The first-order chi connectivity index (χ1) is 14.9. The van der Waals surface area contributed by atoms with Gasteiger partial charge in [-0.05, 0) is 86.5 Å². The first kappa shape index (κ1) is 22.8. The van der Waals surface area contributed by atoms with E-state index in [9.17, 15) is 4.79 Å². The van der Waals surface area contributed by atoms with Crippen molar-refractivity contribution >= 4 is 5.91 Å². The predicted octanol–water partition coefficient (Wildman–Crippen LogP) is 5.96. The molecule has 3 nitrogen and oxygen atoms in total. The van der Waals surface area contributed by atoms with Gasteiger partial charge in [0.15, 0.2) is 0 Å². The number of carbonyl (C=O) groups is 1. The summed E-state index contributed by atoms with van der Waals surface area (Å²) in [5.41, 5.74) is 7.50. The zero-order valence-corrected chi connectivity index (χ0v) is 20.0. The second kappa shape index (κ2) is 9.25. The molecular weight excluding hydrogens is 380 g/mol. The number of fused-ring (bicyclic) bond motifs is 2. The molecule has 3 N–H and O–H groups in total. The maximum atomic E-state index is 13.9. The van der Waals surface area contributed by atoms with E-state index in [1.54, 1.807) is 0 Å². The largest absolute Gasteiger partial charge is 0.353 e. The quantitative estimate of drug-likeness (QED) is 0.592. The molecule has 0 radical (unpaired) electrons. The van der Waals surface area contributed by atoms with Crippen LogP contribution in [0.2, 0.25) is 0 Å². The van der Waals surface area contributed by atoms with Gasteiger partial charge in [-0.2, -0.15) is 0 Å². The molecule has 5 atom stereocenters. The average molecular weight is 425 g/mol. The van der Waals surface area contributed by atoms with Gasteiger partial charge in [-0.15, -0.1) is 0 Å². The summed E-state index contributed by atoms with van der Waals surface area (Å²) >= 11 is 0. The van der Waals surface area contributed by atoms with Crippen molar-refractivity contribution in [3.05, 3.63) is 35.9 Å². The number of nitrogens with two attached hydrogens (primary N) is 1. The highest BCUT2D eigenvalue weighted by atomic mass is 16.2. The van der Waals surface area contributed by atoms with Crippen LogP contribution in [-0.4, -0.2) is 18.0 Å². The summed E-state index contributed by atoms with van der Waals surface area (Å²) in [7, 11) is 0. The van der Waals surface area contributed by atoms with Crippen LogP contribution in [0.3, 0.4) is 0 Å². The first-order valence-electron chi connectivity index (χ1n) is 13.0. The van der Waals surface area contributed by atoms with Gasteiger partial charge in [0.2, 0.25) is 5.91 Å². The minimum Gasteiger partial charge on any atom is -0.353 e. The molecule has 1 aromatic carbocycles. The highest BCUT2D eigenvalue weighted by molar-refractivity contribution is 5.83. The molecule has 3 aliphatic rings. The molecule has 3 saturated carbocycles. The third-order valence-corrected chi connectivity index (χ3v) is 9.31. The van der Waals surface area contributed by atoms with Crippen LogP contribution in [0.5, 0.6) is 0 Å². The Balaban J connectivity index is 1.64. The molecule has 0 aliphatic heterocycles. The van der Waals surface area contributed by atoms with Gasteiger partial charge in [-0.3, -0.25) is 4.79 Å². The first-order valence-corrected chi connectivity index (χ1v) is 13.0. The Bertz CT molecular complexity index is 737. The number of carbonyl (C=O) groups excluding carboxylic acids is 1. The van der Waals surface area contributed by atoms with Crippen LogP contribution in [0.15, 0.2) is 30.3 Å². The standard InChI is InChI=1S/C28H44N2O/c1-4-9-25-20(3)16-28(22-10-7-6-8-11-22)18-21(25)17-27(5-2,19-28)26(31)30-24-14-12-23(29)13-15-24/h6-8,10-11,20-21,23-25H,4-5,9,12-19,29H2,1-3H3,(H,30,31)/t20?,21?,23-,24-,25?,27?,28?. The Morgan fingerprint density at radius 2 is 1.77 bits per heavy atom. The fraction of sp³-hybridized carbons (Fsp3) is 0.750. The number of rotatable bonds is 6. The molecule has 4 rings (SSSR count). The van der Waals surface area contributed by atoms with Crippen molar-refractivity contribution in [1.82, 2.24) is 5.32 Å². The van der Waals surface area contributed by atoms with E-state index >= 15 is 0 Å². The highest BCUT2D eigenvalue weighted by Gasteiger charge is 2.56. The van der Waals surface area contributed by atoms with Gasteiger partial charge >= 0.3 is 0 Å². The molecule has 3 aliphatic carbocycles. The zero-order chi connectivity index (χ0) is 22.1. The van der Waals surface area contributed by atoms with Crippen LogP contribution in [-0.2, 0) is 10.2 Å². The summed E-state index contributed by atoms with van der Waals surface area (Å²) in [4.78, 5) is 13.9. The monoisotopic (exact) mass is 424 g/mol. The van der Waals surface area contributed by atoms with Gasteiger partial charge in [0.25, 0.3) is 0 Å². The van der Waals surface area contributed by atoms with Crippen molar-refractivity contribution < 1.29 is 4.79 Å². The molecule has 3 fully saturated rings. The molecule has 1 amide bonds. The molecule has 0 heterocycles. The lowest BCUT2D eigenvalue weighted by molar-refractivity contribution is -0.141. The van der Waals surface area contributed by atoms with E-state index in [2.05, 4.69) is 56.4 Å². The summed E-state index contributed by atoms with van der Waals surface area (Å²) in [5, 5.41) is 3.52. The lowest BCUT2D eigenvalue weighted by Gasteiger charge is -2.58. The third kappa shape index (κ3) is 4.45. The molecule has 172 valence electrons. The third-order valence-electron chi connectivity index (χ3n) is 9.31. The Hall–Kier alpha value is -1.35. The second-order valence-electron chi connectivity index (χ2n) is 11.3. The normalized spacial score (nSPS) is 40.3. The summed E-state index contributed by atoms with van der Waals surface area (Å²) < 4.78 is 0. The summed E-state index contributed by atoms with van der Waals surface area (Å²) in [5.74, 6) is 2.48. The number of nitrogens with one attached hydrogen (secondary N) is 1. The summed E-state index contributed by atoms with van der Waals surface area (Å²) in [6.45, 7) is 7.06. The van der Waals surface area contributed by atoms with Gasteiger partial charge in [-0.25, -0.2) is 0 Å². The molecule has 5 unspecified atom stereocenters. The van der Waals surface area contributed by atoms with Crippen molar-refractivity contribution in [3.8, 4) is 0 Å². The van der Waals surface area contributed by atoms with Crippen molar-refractivity contribution in [2.24, 2.45) is 28.9 Å². The molecule has 0 aromatic heterocycles. The van der Waals surface area contributed by atoms with Crippen molar-refractivity contribution in [1.29, 1.82) is 0 Å². The maximum absolute atomic E-state index is 13.9. The molecule has 31 heavy (non-hydrogen) atoms.